The second-order valence-electron chi connectivity index (χ2n) is 2.98. The lowest BCUT2D eigenvalue weighted by Crippen LogP contribution is -2.12. The summed E-state index contributed by atoms with van der Waals surface area (Å²) in [7, 11) is -0.930. The molecule has 1 aromatic rings. The van der Waals surface area contributed by atoms with E-state index in [0.717, 1.165) is 0 Å². The van der Waals surface area contributed by atoms with Gasteiger partial charge >= 0.3 is 5.69 Å². The van der Waals surface area contributed by atoms with Crippen molar-refractivity contribution >= 4 is 38.2 Å². The van der Waals surface area contributed by atoms with Crippen LogP contribution in [-0.4, -0.2) is 32.7 Å². The van der Waals surface area contributed by atoms with Gasteiger partial charge in [-0.2, -0.15) is 0 Å². The normalized spacial score (nSPS) is 12.1. The van der Waals surface area contributed by atoms with E-state index in [9.17, 15) is 14.3 Å². The van der Waals surface area contributed by atoms with Gasteiger partial charge in [0.25, 0.3) is 0 Å². The Kier molecular flexibility index (Phi) is 4.81. The van der Waals surface area contributed by atoms with Crippen molar-refractivity contribution in [2.45, 2.75) is 0 Å². The van der Waals surface area contributed by atoms with Crippen LogP contribution >= 0.6 is 15.9 Å². The molecule has 0 aromatic carbocycles. The van der Waals surface area contributed by atoms with Crippen molar-refractivity contribution in [3.63, 3.8) is 0 Å². The molecule has 0 aliphatic heterocycles. The number of pyridine rings is 1. The maximum atomic E-state index is 10.8. The molecule has 1 N–H and O–H groups in total. The second-order valence-corrected chi connectivity index (χ2v) is 5.45. The van der Waals surface area contributed by atoms with Crippen LogP contribution in [0.4, 0.5) is 11.5 Å². The molecule has 1 unspecified atom stereocenters. The summed E-state index contributed by atoms with van der Waals surface area (Å²) < 4.78 is 11.4. The summed E-state index contributed by atoms with van der Waals surface area (Å²) >= 11 is 3.11. The first-order chi connectivity index (χ1) is 7.50. The molecule has 0 radical (unpaired) electrons. The monoisotopic (exact) mass is 307 g/mol. The zero-order valence-electron chi connectivity index (χ0n) is 8.47. The lowest BCUT2D eigenvalue weighted by atomic mass is 10.4. The van der Waals surface area contributed by atoms with Crippen molar-refractivity contribution in [1.82, 2.24) is 4.98 Å². The molecule has 0 bridgehead atoms. The Hall–Kier alpha value is -1.02. The van der Waals surface area contributed by atoms with Gasteiger partial charge in [-0.25, -0.2) is 4.98 Å². The van der Waals surface area contributed by atoms with Crippen LogP contribution in [0.2, 0.25) is 0 Å². The van der Waals surface area contributed by atoms with Gasteiger partial charge in [-0.15, -0.1) is 0 Å². The third kappa shape index (κ3) is 3.86. The molecule has 1 atom stereocenters. The van der Waals surface area contributed by atoms with Crippen molar-refractivity contribution in [3.8, 4) is 0 Å². The lowest BCUT2D eigenvalue weighted by Gasteiger charge is -2.04. The minimum atomic E-state index is -0.930. The fraction of sp³-hybridized carbons (Fsp3) is 0.375. The van der Waals surface area contributed by atoms with Crippen molar-refractivity contribution in [2.75, 3.05) is 23.9 Å². The smallest absolute Gasteiger partial charge is 0.312 e. The van der Waals surface area contributed by atoms with Crippen LogP contribution < -0.4 is 5.32 Å². The van der Waals surface area contributed by atoms with E-state index in [1.165, 1.54) is 12.3 Å². The number of nitro groups is 1. The molecule has 1 heterocycles. The van der Waals surface area contributed by atoms with E-state index in [2.05, 4.69) is 26.2 Å². The largest absolute Gasteiger partial charge is 0.363 e. The summed E-state index contributed by atoms with van der Waals surface area (Å²) in [6, 6.07) is 1.37. The summed E-state index contributed by atoms with van der Waals surface area (Å²) in [6.45, 7) is 0.387. The molecule has 88 valence electrons. The average molecular weight is 308 g/mol. The van der Waals surface area contributed by atoms with Crippen LogP contribution in [0.1, 0.15) is 0 Å². The SMILES string of the molecule is CS(=O)CCNc1ncc(Br)cc1[N+](=O)[O-]. The number of hydrogen-bond acceptors (Lipinski definition) is 5. The van der Waals surface area contributed by atoms with Crippen LogP contribution in [0.3, 0.4) is 0 Å². The van der Waals surface area contributed by atoms with Crippen molar-refractivity contribution in [3.05, 3.63) is 26.9 Å². The molecule has 0 fully saturated rings. The summed E-state index contributed by atoms with van der Waals surface area (Å²) in [4.78, 5) is 14.1. The minimum absolute atomic E-state index is 0.101. The molecular weight excluding hydrogens is 298 g/mol. The fourth-order valence-electron chi connectivity index (χ4n) is 1.02. The number of aromatic nitrogens is 1. The van der Waals surface area contributed by atoms with Gasteiger partial charge in [0.1, 0.15) is 0 Å². The molecule has 1 aromatic heterocycles. The van der Waals surface area contributed by atoms with Gasteiger partial charge in [0.2, 0.25) is 5.82 Å². The minimum Gasteiger partial charge on any atom is -0.363 e. The zero-order chi connectivity index (χ0) is 12.1. The highest BCUT2D eigenvalue weighted by atomic mass is 79.9. The average Bonchev–Trinajstić information content (AvgIpc) is 2.19. The van der Waals surface area contributed by atoms with Gasteiger partial charge in [-0.05, 0) is 15.9 Å². The van der Waals surface area contributed by atoms with E-state index in [4.69, 9.17) is 0 Å². The fourth-order valence-corrected chi connectivity index (χ4v) is 1.73. The Balaban J connectivity index is 2.78. The number of hydrogen-bond donors (Lipinski definition) is 1. The lowest BCUT2D eigenvalue weighted by molar-refractivity contribution is -0.384. The Labute approximate surface area is 103 Å². The first-order valence-corrected chi connectivity index (χ1v) is 6.86. The predicted molar refractivity (Wildman–Crippen MR) is 66.0 cm³/mol. The van der Waals surface area contributed by atoms with Gasteiger partial charge in [0, 0.05) is 46.1 Å². The zero-order valence-corrected chi connectivity index (χ0v) is 10.9. The maximum Gasteiger partial charge on any atom is 0.312 e. The molecule has 0 amide bonds. The Morgan fingerprint density at radius 3 is 2.94 bits per heavy atom. The molecule has 16 heavy (non-hydrogen) atoms. The molecule has 6 nitrogen and oxygen atoms in total. The highest BCUT2D eigenvalue weighted by molar-refractivity contribution is 9.10. The van der Waals surface area contributed by atoms with E-state index < -0.39 is 15.7 Å². The number of halogens is 1. The summed E-state index contributed by atoms with van der Waals surface area (Å²) in [6.07, 6.45) is 3.04. The van der Waals surface area contributed by atoms with Crippen molar-refractivity contribution in [1.29, 1.82) is 0 Å². The molecule has 0 saturated heterocycles. The van der Waals surface area contributed by atoms with Gasteiger partial charge < -0.3 is 5.32 Å². The first kappa shape index (κ1) is 13.0. The Bertz CT molecular complexity index is 427. The van der Waals surface area contributed by atoms with Crippen molar-refractivity contribution in [2.24, 2.45) is 0 Å². The first-order valence-electron chi connectivity index (χ1n) is 4.34. The Morgan fingerprint density at radius 1 is 1.69 bits per heavy atom. The van der Waals surface area contributed by atoms with Crippen molar-refractivity contribution < 1.29 is 9.13 Å². The summed E-state index contributed by atoms with van der Waals surface area (Å²) in [5.41, 5.74) is -0.101. The number of nitrogens with one attached hydrogen (secondary N) is 1. The van der Waals surface area contributed by atoms with Crippen LogP contribution in [0, 0.1) is 10.1 Å². The predicted octanol–water partition coefficient (Wildman–Crippen LogP) is 1.54. The van der Waals surface area contributed by atoms with E-state index in [1.54, 1.807) is 6.26 Å². The molecular formula is C8H10BrN3O3S. The van der Waals surface area contributed by atoms with E-state index in [1.807, 2.05) is 0 Å². The summed E-state index contributed by atoms with van der Waals surface area (Å²) in [5, 5.41) is 13.5. The quantitative estimate of drug-likeness (QED) is 0.659. The topological polar surface area (TPSA) is 85.1 Å². The van der Waals surface area contributed by atoms with Gasteiger partial charge in [-0.3, -0.25) is 14.3 Å². The number of nitrogens with zero attached hydrogens (tertiary/aromatic N) is 2. The maximum absolute atomic E-state index is 10.8. The van der Waals surface area contributed by atoms with Gasteiger partial charge in [0.05, 0.1) is 4.92 Å². The van der Waals surface area contributed by atoms with Crippen LogP contribution in [0.25, 0.3) is 0 Å². The van der Waals surface area contributed by atoms with Crippen LogP contribution in [0.15, 0.2) is 16.7 Å². The van der Waals surface area contributed by atoms with Crippen LogP contribution in [0.5, 0.6) is 0 Å². The number of anilines is 1. The molecule has 8 heteroatoms. The Morgan fingerprint density at radius 2 is 2.38 bits per heavy atom. The van der Waals surface area contributed by atoms with E-state index >= 15 is 0 Å². The number of rotatable bonds is 5. The van der Waals surface area contributed by atoms with E-state index in [0.29, 0.717) is 16.8 Å². The second kappa shape index (κ2) is 5.90. The molecule has 0 aliphatic carbocycles. The van der Waals surface area contributed by atoms with E-state index in [-0.39, 0.29) is 11.5 Å². The van der Waals surface area contributed by atoms with Gasteiger partial charge in [-0.1, -0.05) is 0 Å². The molecule has 0 spiro atoms. The van der Waals surface area contributed by atoms with Crippen LogP contribution in [-0.2, 0) is 10.8 Å². The summed E-state index contributed by atoms with van der Waals surface area (Å²) in [5.74, 6) is 0.619. The van der Waals surface area contributed by atoms with Gasteiger partial charge in [0.15, 0.2) is 0 Å². The third-order valence-electron chi connectivity index (χ3n) is 1.71. The highest BCUT2D eigenvalue weighted by Gasteiger charge is 2.15. The molecule has 0 aliphatic rings. The third-order valence-corrected chi connectivity index (χ3v) is 2.93. The highest BCUT2D eigenvalue weighted by Crippen LogP contribution is 2.24. The molecule has 0 saturated carbocycles. The molecule has 1 rings (SSSR count). The standard InChI is InChI=1S/C8H10BrN3O3S/c1-16(15)3-2-10-8-7(12(13)14)4-6(9)5-11-8/h4-5H,2-3H2,1H3,(H,10,11).